The molecule has 2 bridgehead atoms. The Morgan fingerprint density at radius 1 is 1.04 bits per heavy atom. The summed E-state index contributed by atoms with van der Waals surface area (Å²) < 4.78 is 12.0. The average molecular weight is 350 g/mol. The third-order valence-corrected chi connectivity index (χ3v) is 4.10. The van der Waals surface area contributed by atoms with E-state index in [9.17, 15) is 25.2 Å². The largest absolute Gasteiger partial charge is 0.534 e. The predicted octanol–water partition coefficient (Wildman–Crippen LogP) is 1.06. The number of nitrogens with zero attached hydrogens (tertiary/aromatic N) is 2. The third-order valence-electron chi connectivity index (χ3n) is 4.10. The molecule has 4 heterocycles. The van der Waals surface area contributed by atoms with Crippen LogP contribution in [0.4, 0.5) is 4.79 Å². The molecule has 4 N–H and O–H groups in total. The van der Waals surface area contributed by atoms with Crippen LogP contribution in [0.3, 0.4) is 0 Å². The molecule has 2 aliphatic rings. The lowest BCUT2D eigenvalue weighted by atomic mass is 10.0. The molecule has 2 aromatic rings. The minimum Gasteiger partial charge on any atom is -0.494 e. The summed E-state index contributed by atoms with van der Waals surface area (Å²) in [6.07, 6.45) is 1.63. The van der Waals surface area contributed by atoms with Crippen molar-refractivity contribution in [2.75, 3.05) is 6.61 Å². The van der Waals surface area contributed by atoms with E-state index in [1.165, 1.54) is 4.57 Å². The second-order valence-corrected chi connectivity index (χ2v) is 5.52. The van der Waals surface area contributed by atoms with Gasteiger partial charge in [0.2, 0.25) is 23.5 Å². The van der Waals surface area contributed by atoms with E-state index in [2.05, 4.69) is 4.84 Å². The molecule has 0 aromatic carbocycles. The molecule has 4 rings (SSSR count). The summed E-state index contributed by atoms with van der Waals surface area (Å²) in [5.41, 5.74) is 1.02. The maximum Gasteiger partial charge on any atom is 0.534 e. The van der Waals surface area contributed by atoms with Gasteiger partial charge in [0.1, 0.15) is 18.8 Å². The number of carbonyl (C=O) groups excluding carboxylic acids is 1. The van der Waals surface area contributed by atoms with Gasteiger partial charge in [-0.2, -0.15) is 0 Å². The first-order chi connectivity index (χ1) is 12.0. The highest BCUT2D eigenvalue weighted by Gasteiger charge is 2.42. The second-order valence-electron chi connectivity index (χ2n) is 5.52. The van der Waals surface area contributed by atoms with Crippen molar-refractivity contribution in [2.24, 2.45) is 0 Å². The number of aromatic hydroxyl groups is 4. The van der Waals surface area contributed by atoms with Gasteiger partial charge in [-0.15, -0.1) is 4.73 Å². The first-order valence-electron chi connectivity index (χ1n) is 7.40. The highest BCUT2D eigenvalue weighted by atomic mass is 16.8. The number of hydrogen-bond acceptors (Lipinski definition) is 8. The quantitative estimate of drug-likeness (QED) is 0.475. The molecular weight excluding hydrogens is 336 g/mol. The monoisotopic (exact) mass is 350 g/mol. The molecule has 0 aliphatic carbocycles. The SMILES string of the molecule is O=C(OCCn1c(O)c2c(c1O)C1C=CC2O1)On1c(O)ccc1O. The minimum atomic E-state index is -1.18. The molecule has 0 amide bonds. The fourth-order valence-electron chi connectivity index (χ4n) is 3.00. The van der Waals surface area contributed by atoms with Crippen LogP contribution in [0.15, 0.2) is 24.3 Å². The molecule has 10 heteroatoms. The van der Waals surface area contributed by atoms with Crippen molar-refractivity contribution in [3.63, 3.8) is 0 Å². The van der Waals surface area contributed by atoms with Crippen LogP contribution < -0.4 is 4.84 Å². The van der Waals surface area contributed by atoms with Gasteiger partial charge in [0.25, 0.3) is 0 Å². The molecule has 2 unspecified atom stereocenters. The molecule has 0 fully saturated rings. The van der Waals surface area contributed by atoms with Crippen LogP contribution in [-0.2, 0) is 16.0 Å². The van der Waals surface area contributed by atoms with Gasteiger partial charge < -0.3 is 29.9 Å². The lowest BCUT2D eigenvalue weighted by Gasteiger charge is -2.11. The molecule has 2 atom stereocenters. The van der Waals surface area contributed by atoms with Crippen LogP contribution in [0.25, 0.3) is 0 Å². The van der Waals surface area contributed by atoms with Gasteiger partial charge in [0.15, 0.2) is 0 Å². The molecule has 2 aromatic heterocycles. The average Bonchev–Trinajstić information content (AvgIpc) is 3.32. The van der Waals surface area contributed by atoms with Crippen molar-refractivity contribution in [1.82, 2.24) is 9.30 Å². The van der Waals surface area contributed by atoms with Crippen LogP contribution in [0.2, 0.25) is 0 Å². The van der Waals surface area contributed by atoms with Crippen molar-refractivity contribution in [3.8, 4) is 23.5 Å². The zero-order chi connectivity index (χ0) is 17.7. The van der Waals surface area contributed by atoms with Crippen LogP contribution in [0.1, 0.15) is 23.3 Å². The fourth-order valence-corrected chi connectivity index (χ4v) is 3.00. The first kappa shape index (κ1) is 15.3. The van der Waals surface area contributed by atoms with Gasteiger partial charge in [-0.3, -0.25) is 9.40 Å². The summed E-state index contributed by atoms with van der Waals surface area (Å²) in [5.74, 6) is -1.26. The lowest BCUT2D eigenvalue weighted by Crippen LogP contribution is -2.21. The summed E-state index contributed by atoms with van der Waals surface area (Å²) in [6.45, 7) is -0.247. The maximum atomic E-state index is 11.6. The summed E-state index contributed by atoms with van der Waals surface area (Å²) in [6, 6.07) is 2.26. The molecular formula is C15H14N2O8. The van der Waals surface area contributed by atoms with E-state index in [4.69, 9.17) is 9.47 Å². The molecule has 25 heavy (non-hydrogen) atoms. The second kappa shape index (κ2) is 5.38. The third kappa shape index (κ3) is 2.26. The van der Waals surface area contributed by atoms with Crippen LogP contribution in [-0.4, -0.2) is 42.5 Å². The van der Waals surface area contributed by atoms with Crippen LogP contribution in [0, 0.1) is 0 Å². The van der Waals surface area contributed by atoms with Crippen molar-refractivity contribution in [1.29, 1.82) is 0 Å². The molecule has 0 spiro atoms. The number of carbonyl (C=O) groups is 1. The van der Waals surface area contributed by atoms with Crippen molar-refractivity contribution in [2.45, 2.75) is 18.8 Å². The van der Waals surface area contributed by atoms with Crippen LogP contribution in [0.5, 0.6) is 23.5 Å². The van der Waals surface area contributed by atoms with E-state index in [1.54, 1.807) is 12.2 Å². The van der Waals surface area contributed by atoms with E-state index in [1.807, 2.05) is 0 Å². The zero-order valence-electron chi connectivity index (χ0n) is 12.7. The van der Waals surface area contributed by atoms with Gasteiger partial charge in [-0.05, 0) is 0 Å². The number of hydrogen-bond donors (Lipinski definition) is 4. The summed E-state index contributed by atoms with van der Waals surface area (Å²) in [4.78, 5) is 16.2. The Balaban J connectivity index is 1.39. The molecule has 10 nitrogen and oxygen atoms in total. The van der Waals surface area contributed by atoms with E-state index in [0.717, 1.165) is 12.1 Å². The normalized spacial score (nSPS) is 20.0. The van der Waals surface area contributed by atoms with E-state index < -0.39 is 30.1 Å². The molecule has 2 aliphatic heterocycles. The van der Waals surface area contributed by atoms with Crippen molar-refractivity contribution >= 4 is 6.16 Å². The Labute approximate surface area is 140 Å². The van der Waals surface area contributed by atoms with Crippen molar-refractivity contribution in [3.05, 3.63) is 35.4 Å². The van der Waals surface area contributed by atoms with Gasteiger partial charge in [0, 0.05) is 12.1 Å². The predicted molar refractivity (Wildman–Crippen MR) is 79.2 cm³/mol. The fraction of sp³-hybridized carbons (Fsp3) is 0.267. The topological polar surface area (TPSA) is 136 Å². The smallest absolute Gasteiger partial charge is 0.494 e. The number of fused-ring (bicyclic) bond motifs is 5. The number of rotatable bonds is 4. The molecule has 0 radical (unpaired) electrons. The lowest BCUT2D eigenvalue weighted by molar-refractivity contribution is 0.0329. The number of ether oxygens (including phenoxy) is 2. The highest BCUT2D eigenvalue weighted by molar-refractivity contribution is 5.60. The first-order valence-corrected chi connectivity index (χ1v) is 7.40. The summed E-state index contributed by atoms with van der Waals surface area (Å²) in [7, 11) is 0. The maximum absolute atomic E-state index is 11.6. The van der Waals surface area contributed by atoms with E-state index in [-0.39, 0.29) is 24.9 Å². The van der Waals surface area contributed by atoms with Gasteiger partial charge in [0.05, 0.1) is 17.7 Å². The Morgan fingerprint density at radius 2 is 1.60 bits per heavy atom. The Hall–Kier alpha value is -3.27. The van der Waals surface area contributed by atoms with Gasteiger partial charge >= 0.3 is 6.16 Å². The summed E-state index contributed by atoms with van der Waals surface area (Å²) >= 11 is 0. The standard InChI is InChI=1S/C15H14N2O8/c18-9-3-4-10(19)17(9)25-15(22)23-6-5-16-13(20)11-7-1-2-8(24-7)12(11)14(16)21/h1-4,7-8,18-21H,5-6H2. The zero-order valence-corrected chi connectivity index (χ0v) is 12.7. The molecule has 0 saturated carbocycles. The van der Waals surface area contributed by atoms with Crippen molar-refractivity contribution < 1.29 is 39.5 Å². The van der Waals surface area contributed by atoms with E-state index >= 15 is 0 Å². The number of aromatic nitrogens is 2. The Morgan fingerprint density at radius 3 is 2.16 bits per heavy atom. The minimum absolute atomic E-state index is 0.0250. The van der Waals surface area contributed by atoms with E-state index in [0.29, 0.717) is 15.9 Å². The Bertz CT molecular complexity index is 826. The summed E-state index contributed by atoms with van der Waals surface area (Å²) in [5, 5.41) is 39.2. The highest BCUT2D eigenvalue weighted by Crippen LogP contribution is 2.54. The Kier molecular flexibility index (Phi) is 3.29. The molecule has 0 saturated heterocycles. The van der Waals surface area contributed by atoms with Crippen LogP contribution >= 0.6 is 0 Å². The van der Waals surface area contributed by atoms with Gasteiger partial charge in [-0.25, -0.2) is 4.79 Å². The van der Waals surface area contributed by atoms with Gasteiger partial charge in [-0.1, -0.05) is 12.2 Å². The molecule has 132 valence electrons.